The minimum absolute atomic E-state index is 0.0244. The Morgan fingerprint density at radius 1 is 1.13 bits per heavy atom. The molecule has 2 aromatic rings. The number of aliphatic hydroxyl groups is 2. The molecule has 0 aliphatic heterocycles. The van der Waals surface area contributed by atoms with Crippen molar-refractivity contribution < 1.29 is 20.1 Å². The second-order valence-electron chi connectivity index (χ2n) is 8.43. The molecule has 1 aliphatic rings. The van der Waals surface area contributed by atoms with Crippen LogP contribution in [0.1, 0.15) is 43.4 Å². The molecule has 0 aromatic heterocycles. The molecular formula is C25H27ClO4. The van der Waals surface area contributed by atoms with Crippen LogP contribution < -0.4 is 0 Å². The molecule has 0 spiro atoms. The SMILES string of the molecule is CC1(C)Cc2ccccc2C(c2ccc(Cl)cc2)=C1/C=C/C(O)CC(O)CC(=O)O. The highest BCUT2D eigenvalue weighted by atomic mass is 35.5. The number of hydrogen-bond donors (Lipinski definition) is 3. The Bertz CT molecular complexity index is 973. The Hall–Kier alpha value is -2.40. The number of fused-ring (bicyclic) bond motifs is 1. The van der Waals surface area contributed by atoms with E-state index < -0.39 is 18.2 Å². The van der Waals surface area contributed by atoms with Gasteiger partial charge in [-0.05, 0) is 51.8 Å². The van der Waals surface area contributed by atoms with Crippen molar-refractivity contribution in [2.45, 2.75) is 45.3 Å². The third-order valence-corrected chi connectivity index (χ3v) is 5.71. The van der Waals surface area contributed by atoms with E-state index in [0.29, 0.717) is 5.02 Å². The summed E-state index contributed by atoms with van der Waals surface area (Å²) in [6.07, 6.45) is 1.98. The van der Waals surface area contributed by atoms with Gasteiger partial charge >= 0.3 is 5.97 Å². The standard InChI is InChI=1S/C25H27ClO4/c1-25(2)15-17-5-3-4-6-21(17)24(16-7-9-18(26)10-8-16)22(25)12-11-19(27)13-20(28)14-23(29)30/h3-12,19-20,27-28H,13-15H2,1-2H3,(H,29,30)/b12-11+. The van der Waals surface area contributed by atoms with Crippen LogP contribution in [0.2, 0.25) is 5.02 Å². The number of halogens is 1. The first-order chi connectivity index (χ1) is 14.2. The number of carboxylic acid groups (broad SMARTS) is 1. The van der Waals surface area contributed by atoms with Gasteiger partial charge in [0.15, 0.2) is 0 Å². The lowest BCUT2D eigenvalue weighted by Gasteiger charge is -2.36. The van der Waals surface area contributed by atoms with E-state index >= 15 is 0 Å². The fourth-order valence-electron chi connectivity index (χ4n) is 4.06. The van der Waals surface area contributed by atoms with E-state index in [0.717, 1.165) is 28.7 Å². The van der Waals surface area contributed by atoms with Gasteiger partial charge in [-0.1, -0.05) is 74.0 Å². The molecule has 0 saturated carbocycles. The second-order valence-corrected chi connectivity index (χ2v) is 8.86. The number of benzene rings is 2. The maximum atomic E-state index is 10.7. The van der Waals surface area contributed by atoms with Gasteiger partial charge in [0.1, 0.15) is 0 Å². The maximum Gasteiger partial charge on any atom is 0.305 e. The largest absolute Gasteiger partial charge is 0.481 e. The third-order valence-electron chi connectivity index (χ3n) is 5.46. The van der Waals surface area contributed by atoms with E-state index in [1.807, 2.05) is 42.5 Å². The summed E-state index contributed by atoms with van der Waals surface area (Å²) in [5.41, 5.74) is 5.45. The van der Waals surface area contributed by atoms with Crippen LogP contribution >= 0.6 is 11.6 Å². The summed E-state index contributed by atoms with van der Waals surface area (Å²) in [6.45, 7) is 4.34. The second kappa shape index (κ2) is 9.17. The Labute approximate surface area is 182 Å². The molecule has 0 amide bonds. The van der Waals surface area contributed by atoms with Gasteiger partial charge in [0.2, 0.25) is 0 Å². The molecule has 3 rings (SSSR count). The molecule has 3 N–H and O–H groups in total. The predicted molar refractivity (Wildman–Crippen MR) is 119 cm³/mol. The molecule has 2 unspecified atom stereocenters. The highest BCUT2D eigenvalue weighted by Crippen LogP contribution is 2.46. The highest BCUT2D eigenvalue weighted by molar-refractivity contribution is 6.30. The lowest BCUT2D eigenvalue weighted by Crippen LogP contribution is -2.24. The first-order valence-corrected chi connectivity index (χ1v) is 10.4. The molecule has 2 aromatic carbocycles. The molecule has 1 aliphatic carbocycles. The number of rotatable bonds is 7. The molecule has 0 heterocycles. The Morgan fingerprint density at radius 3 is 2.47 bits per heavy atom. The van der Waals surface area contributed by atoms with Crippen LogP contribution in [0.15, 0.2) is 66.3 Å². The molecular weight excluding hydrogens is 400 g/mol. The van der Waals surface area contributed by atoms with Gasteiger partial charge in [-0.2, -0.15) is 0 Å². The number of aliphatic hydroxyl groups excluding tert-OH is 2. The Balaban J connectivity index is 2.03. The van der Waals surface area contributed by atoms with Crippen LogP contribution in [0, 0.1) is 5.41 Å². The van der Waals surface area contributed by atoms with E-state index in [-0.39, 0.29) is 18.3 Å². The lowest BCUT2D eigenvalue weighted by atomic mass is 9.68. The molecule has 0 fully saturated rings. The van der Waals surface area contributed by atoms with Gasteiger partial charge in [0.05, 0.1) is 18.6 Å². The summed E-state index contributed by atoms with van der Waals surface area (Å²) < 4.78 is 0. The maximum absolute atomic E-state index is 10.7. The van der Waals surface area contributed by atoms with Gasteiger partial charge in [-0.15, -0.1) is 0 Å². The molecule has 5 heteroatoms. The predicted octanol–water partition coefficient (Wildman–Crippen LogP) is 4.87. The van der Waals surface area contributed by atoms with Crippen molar-refractivity contribution in [3.05, 3.63) is 88.0 Å². The first kappa shape index (κ1) is 22.3. The zero-order chi connectivity index (χ0) is 21.9. The molecule has 30 heavy (non-hydrogen) atoms. The monoisotopic (exact) mass is 426 g/mol. The smallest absolute Gasteiger partial charge is 0.305 e. The van der Waals surface area contributed by atoms with Crippen molar-refractivity contribution in [2.24, 2.45) is 5.41 Å². The summed E-state index contributed by atoms with van der Waals surface area (Å²) in [5, 5.41) is 29.6. The Morgan fingerprint density at radius 2 is 1.80 bits per heavy atom. The van der Waals surface area contributed by atoms with Crippen LogP contribution in [0.5, 0.6) is 0 Å². The summed E-state index contributed by atoms with van der Waals surface area (Å²) in [4.78, 5) is 10.7. The van der Waals surface area contributed by atoms with Crippen molar-refractivity contribution in [2.75, 3.05) is 0 Å². The van der Waals surface area contributed by atoms with E-state index in [4.69, 9.17) is 16.7 Å². The number of carboxylic acids is 1. The Kier molecular flexibility index (Phi) is 6.81. The van der Waals surface area contributed by atoms with Gasteiger partial charge in [-0.3, -0.25) is 4.79 Å². The number of allylic oxidation sites excluding steroid dienone is 2. The minimum atomic E-state index is -1.09. The molecule has 4 nitrogen and oxygen atoms in total. The average molecular weight is 427 g/mol. The van der Waals surface area contributed by atoms with Crippen LogP contribution in [0.3, 0.4) is 0 Å². The van der Waals surface area contributed by atoms with Gasteiger partial charge in [-0.25, -0.2) is 0 Å². The number of carbonyl (C=O) groups is 1. The number of hydrogen-bond acceptors (Lipinski definition) is 3. The normalized spacial score (nSPS) is 17.6. The summed E-state index contributed by atoms with van der Waals surface area (Å²) in [5.74, 6) is -1.09. The summed E-state index contributed by atoms with van der Waals surface area (Å²) in [6, 6.07) is 16.0. The average Bonchev–Trinajstić information content (AvgIpc) is 2.65. The zero-order valence-corrected chi connectivity index (χ0v) is 17.9. The topological polar surface area (TPSA) is 77.8 Å². The van der Waals surface area contributed by atoms with Crippen molar-refractivity contribution in [1.29, 1.82) is 0 Å². The van der Waals surface area contributed by atoms with Crippen LogP contribution in [-0.4, -0.2) is 33.5 Å². The molecule has 0 radical (unpaired) electrons. The highest BCUT2D eigenvalue weighted by Gasteiger charge is 2.32. The molecule has 2 atom stereocenters. The molecule has 0 bridgehead atoms. The third kappa shape index (κ3) is 5.20. The molecule has 158 valence electrons. The quantitative estimate of drug-likeness (QED) is 0.590. The minimum Gasteiger partial charge on any atom is -0.481 e. The zero-order valence-electron chi connectivity index (χ0n) is 17.2. The fourth-order valence-corrected chi connectivity index (χ4v) is 4.19. The fraction of sp³-hybridized carbons (Fsp3) is 0.320. The summed E-state index contributed by atoms with van der Waals surface area (Å²) in [7, 11) is 0. The summed E-state index contributed by atoms with van der Waals surface area (Å²) >= 11 is 6.10. The molecule has 0 saturated heterocycles. The van der Waals surface area contributed by atoms with Crippen LogP contribution in [-0.2, 0) is 11.2 Å². The van der Waals surface area contributed by atoms with Crippen LogP contribution in [0.4, 0.5) is 0 Å². The van der Waals surface area contributed by atoms with Crippen molar-refractivity contribution in [3.8, 4) is 0 Å². The first-order valence-electron chi connectivity index (χ1n) is 10.0. The van der Waals surface area contributed by atoms with Gasteiger partial charge in [0, 0.05) is 11.4 Å². The van der Waals surface area contributed by atoms with E-state index in [2.05, 4.69) is 26.0 Å². The van der Waals surface area contributed by atoms with E-state index in [1.165, 1.54) is 5.56 Å². The van der Waals surface area contributed by atoms with Crippen LogP contribution in [0.25, 0.3) is 5.57 Å². The number of aliphatic carboxylic acids is 1. The van der Waals surface area contributed by atoms with Gasteiger partial charge < -0.3 is 15.3 Å². The van der Waals surface area contributed by atoms with E-state index in [9.17, 15) is 15.0 Å². The van der Waals surface area contributed by atoms with Gasteiger partial charge in [0.25, 0.3) is 0 Å². The van der Waals surface area contributed by atoms with Crippen molar-refractivity contribution in [1.82, 2.24) is 0 Å². The van der Waals surface area contributed by atoms with Crippen molar-refractivity contribution >= 4 is 23.1 Å². The van der Waals surface area contributed by atoms with Crippen molar-refractivity contribution in [3.63, 3.8) is 0 Å². The van der Waals surface area contributed by atoms with E-state index in [1.54, 1.807) is 6.08 Å². The lowest BCUT2D eigenvalue weighted by molar-refractivity contribution is -0.139.